The molecule has 0 bridgehead atoms. The molecule has 0 saturated carbocycles. The van der Waals surface area contributed by atoms with Crippen molar-refractivity contribution in [2.24, 2.45) is 0 Å². The molecule has 0 rings (SSSR count). The molecule has 0 aromatic carbocycles. The Morgan fingerprint density at radius 1 is 0.697 bits per heavy atom. The summed E-state index contributed by atoms with van der Waals surface area (Å²) in [6, 6.07) is 0. The molecule has 0 aliphatic heterocycles. The van der Waals surface area contributed by atoms with Crippen LogP contribution in [0.2, 0.25) is 0 Å². The third-order valence-electron chi connectivity index (χ3n) is 5.98. The predicted octanol–water partition coefficient (Wildman–Crippen LogP) is 6.30. The number of carbonyl (C=O) groups excluding carboxylic acids is 2. The molecule has 0 radical (unpaired) electrons. The zero-order valence-corrected chi connectivity index (χ0v) is 22.3. The van der Waals surface area contributed by atoms with Gasteiger partial charge in [0.1, 0.15) is 6.54 Å². The number of Topliss-reactive ketones (excluding diaryl/α,β-unsaturated/α-hetero) is 1. The van der Waals surface area contributed by atoms with Crippen LogP contribution >= 0.6 is 0 Å². The van der Waals surface area contributed by atoms with Crippen LogP contribution in [0.1, 0.15) is 123 Å². The summed E-state index contributed by atoms with van der Waals surface area (Å²) in [6.07, 6.45) is 15.1. The number of ether oxygens (including phenoxy) is 1. The van der Waals surface area contributed by atoms with Gasteiger partial charge >= 0.3 is 11.9 Å². The molecular weight excluding hydrogens is 418 g/mol. The Hall–Kier alpha value is -1.43. The molecule has 0 heterocycles. The topological polar surface area (TPSA) is 80.7 Å². The Balaban J connectivity index is 4.96. The molecule has 0 aliphatic carbocycles. The molecule has 0 saturated heterocycles. The van der Waals surface area contributed by atoms with Crippen molar-refractivity contribution in [1.82, 2.24) is 0 Å². The van der Waals surface area contributed by atoms with Gasteiger partial charge in [-0.2, -0.15) is 0 Å². The van der Waals surface area contributed by atoms with E-state index in [2.05, 4.69) is 13.8 Å². The third-order valence-corrected chi connectivity index (χ3v) is 5.98. The molecule has 0 aromatic heterocycles. The second kappa shape index (κ2) is 18.0. The Labute approximate surface area is 203 Å². The van der Waals surface area contributed by atoms with E-state index in [1.807, 2.05) is 21.1 Å². The maximum absolute atomic E-state index is 13.3. The molecule has 0 spiro atoms. The molecule has 0 amide bonds. The number of unbranched alkanes of at least 4 members (excludes halogenated alkanes) is 12. The van der Waals surface area contributed by atoms with Gasteiger partial charge in [-0.15, -0.1) is 0 Å². The summed E-state index contributed by atoms with van der Waals surface area (Å²) in [4.78, 5) is 37.6. The van der Waals surface area contributed by atoms with Gasteiger partial charge in [0, 0.05) is 12.8 Å². The van der Waals surface area contributed by atoms with Gasteiger partial charge in [0.05, 0.1) is 27.6 Å². The van der Waals surface area contributed by atoms with Gasteiger partial charge in [-0.05, 0) is 12.8 Å². The lowest BCUT2D eigenvalue weighted by Gasteiger charge is -2.37. The van der Waals surface area contributed by atoms with Crippen LogP contribution in [0.25, 0.3) is 0 Å². The van der Waals surface area contributed by atoms with Crippen LogP contribution < -0.4 is 0 Å². The van der Waals surface area contributed by atoms with E-state index in [9.17, 15) is 19.5 Å². The largest absolute Gasteiger partial charge is 0.481 e. The van der Waals surface area contributed by atoms with Crippen LogP contribution in [0.4, 0.5) is 0 Å². The van der Waals surface area contributed by atoms with Crippen LogP contribution in [0.3, 0.4) is 0 Å². The summed E-state index contributed by atoms with van der Waals surface area (Å²) in [6.45, 7) is 4.53. The van der Waals surface area contributed by atoms with Crippen LogP contribution in [0.5, 0.6) is 0 Å². The van der Waals surface area contributed by atoms with Gasteiger partial charge in [-0.1, -0.05) is 90.9 Å². The van der Waals surface area contributed by atoms with E-state index in [0.717, 1.165) is 32.1 Å². The molecular formula is C27H52NO5+. The molecule has 6 heteroatoms. The van der Waals surface area contributed by atoms with Crippen molar-refractivity contribution in [2.45, 2.75) is 129 Å². The van der Waals surface area contributed by atoms with Crippen molar-refractivity contribution in [3.63, 3.8) is 0 Å². The van der Waals surface area contributed by atoms with Crippen molar-refractivity contribution in [2.75, 3.05) is 27.7 Å². The SMILES string of the molecule is CCCCCCCCCC(=O)OC(CC(=O)O)(C[N+](C)(C)C)C(=O)CCCCCCCCC. The standard InChI is InChI=1S/C27H51NO5/c1-6-8-10-12-14-16-18-20-24(29)27(22-25(30)31,23-28(3,4)5)33-26(32)21-19-17-15-13-11-9-7-2/h6-23H2,1-5H3/p+1. The van der Waals surface area contributed by atoms with E-state index in [0.29, 0.717) is 17.3 Å². The number of carboxylic acids is 1. The van der Waals surface area contributed by atoms with Crippen LogP contribution in [0, 0.1) is 0 Å². The molecule has 194 valence electrons. The van der Waals surface area contributed by atoms with E-state index >= 15 is 0 Å². The average Bonchev–Trinajstić information content (AvgIpc) is 2.70. The first-order valence-corrected chi connectivity index (χ1v) is 13.3. The van der Waals surface area contributed by atoms with Gasteiger partial charge in [0.25, 0.3) is 0 Å². The van der Waals surface area contributed by atoms with Crippen LogP contribution in [0.15, 0.2) is 0 Å². The van der Waals surface area contributed by atoms with E-state index < -0.39 is 24.0 Å². The normalized spacial score (nSPS) is 13.5. The lowest BCUT2D eigenvalue weighted by atomic mass is 9.89. The number of aliphatic carboxylic acids is 1. The first kappa shape index (κ1) is 31.6. The molecule has 0 aliphatic rings. The van der Waals surface area contributed by atoms with Crippen LogP contribution in [-0.4, -0.2) is 60.6 Å². The highest BCUT2D eigenvalue weighted by Gasteiger charge is 2.48. The number of nitrogens with zero attached hydrogens (tertiary/aromatic N) is 1. The number of hydrogen-bond donors (Lipinski definition) is 1. The molecule has 33 heavy (non-hydrogen) atoms. The minimum absolute atomic E-state index is 0.164. The predicted molar refractivity (Wildman–Crippen MR) is 134 cm³/mol. The number of rotatable bonds is 22. The number of esters is 1. The Bertz CT molecular complexity index is 555. The Morgan fingerprint density at radius 3 is 1.55 bits per heavy atom. The smallest absolute Gasteiger partial charge is 0.308 e. The number of ketones is 1. The molecule has 1 atom stereocenters. The van der Waals surface area contributed by atoms with Crippen molar-refractivity contribution < 1.29 is 28.7 Å². The maximum atomic E-state index is 13.3. The fraction of sp³-hybridized carbons (Fsp3) is 0.889. The molecule has 1 N–H and O–H groups in total. The fourth-order valence-corrected chi connectivity index (χ4v) is 4.34. The van der Waals surface area contributed by atoms with E-state index in [4.69, 9.17) is 4.74 Å². The highest BCUT2D eigenvalue weighted by atomic mass is 16.6. The molecule has 6 nitrogen and oxygen atoms in total. The average molecular weight is 471 g/mol. The highest BCUT2D eigenvalue weighted by Crippen LogP contribution is 2.26. The first-order chi connectivity index (χ1) is 15.6. The quantitative estimate of drug-likeness (QED) is 0.114. The number of carbonyl (C=O) groups is 3. The summed E-state index contributed by atoms with van der Waals surface area (Å²) in [5, 5.41) is 9.57. The number of likely N-dealkylation sites (N-methyl/N-ethyl adjacent to an activating group) is 1. The van der Waals surface area contributed by atoms with E-state index in [-0.39, 0.29) is 25.2 Å². The summed E-state index contributed by atoms with van der Waals surface area (Å²) in [7, 11) is 5.67. The summed E-state index contributed by atoms with van der Waals surface area (Å²) in [5.74, 6) is -1.81. The lowest BCUT2D eigenvalue weighted by Crippen LogP contribution is -2.57. The molecule has 1 unspecified atom stereocenters. The second-order valence-corrected chi connectivity index (χ2v) is 10.7. The zero-order chi connectivity index (χ0) is 25.2. The fourth-order valence-electron chi connectivity index (χ4n) is 4.34. The minimum atomic E-state index is -1.59. The zero-order valence-electron chi connectivity index (χ0n) is 22.3. The lowest BCUT2D eigenvalue weighted by molar-refractivity contribution is -0.875. The maximum Gasteiger partial charge on any atom is 0.308 e. The van der Waals surface area contributed by atoms with E-state index in [1.54, 1.807) is 0 Å². The van der Waals surface area contributed by atoms with Gasteiger partial charge in [0.2, 0.25) is 5.60 Å². The molecule has 0 aromatic rings. The molecule has 0 fully saturated rings. The minimum Gasteiger partial charge on any atom is -0.481 e. The third kappa shape index (κ3) is 16.8. The Kier molecular flexibility index (Phi) is 17.2. The second-order valence-electron chi connectivity index (χ2n) is 10.7. The Morgan fingerprint density at radius 2 is 1.12 bits per heavy atom. The van der Waals surface area contributed by atoms with E-state index in [1.165, 1.54) is 44.9 Å². The number of hydrogen-bond acceptors (Lipinski definition) is 4. The van der Waals surface area contributed by atoms with Gasteiger partial charge < -0.3 is 14.3 Å². The van der Waals surface area contributed by atoms with Crippen molar-refractivity contribution >= 4 is 17.7 Å². The van der Waals surface area contributed by atoms with Gasteiger partial charge in [-0.25, -0.2) is 0 Å². The van der Waals surface area contributed by atoms with Crippen molar-refractivity contribution in [1.29, 1.82) is 0 Å². The van der Waals surface area contributed by atoms with Crippen molar-refractivity contribution in [3.05, 3.63) is 0 Å². The highest BCUT2D eigenvalue weighted by molar-refractivity contribution is 5.93. The number of quaternary nitrogens is 1. The first-order valence-electron chi connectivity index (χ1n) is 13.3. The van der Waals surface area contributed by atoms with Gasteiger partial charge in [-0.3, -0.25) is 14.4 Å². The summed E-state index contributed by atoms with van der Waals surface area (Å²) >= 11 is 0. The number of carboxylic acid groups (broad SMARTS) is 1. The van der Waals surface area contributed by atoms with Crippen molar-refractivity contribution in [3.8, 4) is 0 Å². The van der Waals surface area contributed by atoms with Crippen LogP contribution in [-0.2, 0) is 19.1 Å². The van der Waals surface area contributed by atoms with Gasteiger partial charge in [0.15, 0.2) is 5.78 Å². The summed E-state index contributed by atoms with van der Waals surface area (Å²) < 4.78 is 6.11. The monoisotopic (exact) mass is 470 g/mol. The summed E-state index contributed by atoms with van der Waals surface area (Å²) in [5.41, 5.74) is -1.59.